The zero-order valence-electron chi connectivity index (χ0n) is 12.2. The van der Waals surface area contributed by atoms with Crippen molar-refractivity contribution in [2.24, 2.45) is 0 Å². The van der Waals surface area contributed by atoms with Crippen molar-refractivity contribution >= 4 is 0 Å². The molecule has 1 fully saturated rings. The first-order valence-electron chi connectivity index (χ1n) is 7.00. The summed E-state index contributed by atoms with van der Waals surface area (Å²) in [5, 5.41) is 0. The van der Waals surface area contributed by atoms with E-state index >= 15 is 0 Å². The van der Waals surface area contributed by atoms with E-state index in [9.17, 15) is 0 Å². The van der Waals surface area contributed by atoms with Gasteiger partial charge in [0.1, 0.15) is 5.75 Å². The predicted molar refractivity (Wildman–Crippen MR) is 76.1 cm³/mol. The van der Waals surface area contributed by atoms with Gasteiger partial charge in [-0.3, -0.25) is 0 Å². The van der Waals surface area contributed by atoms with Gasteiger partial charge in [-0.1, -0.05) is 45.2 Å². The van der Waals surface area contributed by atoms with Gasteiger partial charge in [0.25, 0.3) is 0 Å². The number of hydrogen-bond donors (Lipinski definition) is 0. The van der Waals surface area contributed by atoms with Crippen LogP contribution in [0.1, 0.15) is 51.5 Å². The largest absolute Gasteiger partial charge is 0.497 e. The summed E-state index contributed by atoms with van der Waals surface area (Å²) in [6.07, 6.45) is 6.08. The van der Waals surface area contributed by atoms with Crippen molar-refractivity contribution in [3.8, 4) is 5.75 Å². The van der Waals surface area contributed by atoms with Crippen molar-refractivity contribution in [1.82, 2.24) is 0 Å². The lowest BCUT2D eigenvalue weighted by Crippen LogP contribution is -2.31. The van der Waals surface area contributed by atoms with Crippen molar-refractivity contribution in [1.29, 1.82) is 0 Å². The highest BCUT2D eigenvalue weighted by molar-refractivity contribution is 5.32. The van der Waals surface area contributed by atoms with Gasteiger partial charge in [0.2, 0.25) is 0 Å². The number of hydrogen-bond acceptors (Lipinski definition) is 2. The van der Waals surface area contributed by atoms with Gasteiger partial charge in [0, 0.05) is 7.11 Å². The molecule has 0 N–H and O–H groups in total. The Morgan fingerprint density at radius 1 is 1.00 bits per heavy atom. The van der Waals surface area contributed by atoms with E-state index in [2.05, 4.69) is 12.1 Å². The van der Waals surface area contributed by atoms with Crippen molar-refractivity contribution in [3.63, 3.8) is 0 Å². The lowest BCUT2D eigenvalue weighted by atomic mass is 9.79. The predicted octanol–water partition coefficient (Wildman–Crippen LogP) is 4.53. The maximum Gasteiger partial charge on any atom is 0.119 e. The Bertz CT molecular complexity index is 341. The molecule has 2 heteroatoms. The molecule has 1 aromatic rings. The van der Waals surface area contributed by atoms with Crippen LogP contribution in [0.25, 0.3) is 0 Å². The first-order valence-corrected chi connectivity index (χ1v) is 7.00. The van der Waals surface area contributed by atoms with E-state index in [0.29, 0.717) is 0 Å². The molecule has 0 saturated heterocycles. The summed E-state index contributed by atoms with van der Waals surface area (Å²) in [4.78, 5) is 0. The number of benzene rings is 1. The minimum Gasteiger partial charge on any atom is -0.497 e. The molecule has 0 aliphatic heterocycles. The molecular weight excluding hydrogens is 224 g/mol. The van der Waals surface area contributed by atoms with E-state index in [-0.39, 0.29) is 5.60 Å². The zero-order chi connectivity index (χ0) is 13.4. The molecule has 2 rings (SSSR count). The quantitative estimate of drug-likeness (QED) is 0.785. The van der Waals surface area contributed by atoms with Gasteiger partial charge in [-0.05, 0) is 30.5 Å². The van der Waals surface area contributed by atoms with Gasteiger partial charge in [-0.2, -0.15) is 0 Å². The van der Waals surface area contributed by atoms with Gasteiger partial charge in [0.05, 0.1) is 12.7 Å². The summed E-state index contributed by atoms with van der Waals surface area (Å²) in [6, 6.07) is 8.28. The molecule has 1 aromatic carbocycles. The zero-order valence-corrected chi connectivity index (χ0v) is 12.2. The molecule has 102 valence electrons. The number of rotatable bonds is 3. The lowest BCUT2D eigenvalue weighted by Gasteiger charge is -2.36. The van der Waals surface area contributed by atoms with Crippen molar-refractivity contribution in [2.45, 2.75) is 51.6 Å². The van der Waals surface area contributed by atoms with E-state index in [1.165, 1.54) is 24.8 Å². The molecule has 0 spiro atoms. The van der Waals surface area contributed by atoms with Gasteiger partial charge in [-0.25, -0.2) is 0 Å². The smallest absolute Gasteiger partial charge is 0.119 e. The Kier molecular flexibility index (Phi) is 6.20. The average molecular weight is 250 g/mol. The second kappa shape index (κ2) is 7.42. The Morgan fingerprint density at radius 3 is 2.22 bits per heavy atom. The van der Waals surface area contributed by atoms with Crippen LogP contribution in [-0.4, -0.2) is 14.2 Å². The van der Waals surface area contributed by atoms with E-state index in [1.54, 1.807) is 7.11 Å². The summed E-state index contributed by atoms with van der Waals surface area (Å²) in [5.74, 6) is 0.916. The fourth-order valence-electron chi connectivity index (χ4n) is 2.64. The van der Waals surface area contributed by atoms with E-state index in [4.69, 9.17) is 9.47 Å². The molecule has 0 aromatic heterocycles. The Labute approximate surface area is 111 Å². The monoisotopic (exact) mass is 250 g/mol. The minimum atomic E-state index is -0.0766. The maximum absolute atomic E-state index is 5.81. The number of methoxy groups -OCH3 is 2. The maximum atomic E-state index is 5.81. The molecular formula is C16H26O2. The lowest BCUT2D eigenvalue weighted by molar-refractivity contribution is -0.0446. The van der Waals surface area contributed by atoms with Gasteiger partial charge >= 0.3 is 0 Å². The fraction of sp³-hybridized carbons (Fsp3) is 0.625. The average Bonchev–Trinajstić information content (AvgIpc) is 2.50. The molecule has 0 unspecified atom stereocenters. The highest BCUT2D eigenvalue weighted by Crippen LogP contribution is 2.40. The molecule has 0 atom stereocenters. The molecule has 0 radical (unpaired) electrons. The van der Waals surface area contributed by atoms with Crippen LogP contribution in [0.2, 0.25) is 0 Å². The molecule has 1 aliphatic carbocycles. The third-order valence-corrected chi connectivity index (χ3v) is 3.65. The van der Waals surface area contributed by atoms with Crippen LogP contribution in [0.5, 0.6) is 5.75 Å². The topological polar surface area (TPSA) is 18.5 Å². The summed E-state index contributed by atoms with van der Waals surface area (Å²) < 4.78 is 11.1. The van der Waals surface area contributed by atoms with Crippen LogP contribution in [0.4, 0.5) is 0 Å². The molecule has 0 amide bonds. The minimum absolute atomic E-state index is 0.0766. The summed E-state index contributed by atoms with van der Waals surface area (Å²) >= 11 is 0. The second-order valence-electron chi connectivity index (χ2n) is 4.49. The molecule has 1 saturated carbocycles. The molecule has 0 bridgehead atoms. The summed E-state index contributed by atoms with van der Waals surface area (Å²) in [7, 11) is 3.53. The van der Waals surface area contributed by atoms with E-state index in [0.717, 1.165) is 18.6 Å². The standard InChI is InChI=1S/C14H20O2.C2H6/c1-15-13-8-6-7-12(11-13)14(16-2)9-4-3-5-10-14;1-2/h6-8,11H,3-5,9-10H2,1-2H3;1-2H3. The number of ether oxygens (including phenoxy) is 2. The van der Waals surface area contributed by atoms with Crippen LogP contribution < -0.4 is 4.74 Å². The van der Waals surface area contributed by atoms with E-state index in [1.807, 2.05) is 33.1 Å². The van der Waals surface area contributed by atoms with Crippen LogP contribution in [-0.2, 0) is 10.3 Å². The van der Waals surface area contributed by atoms with Crippen molar-refractivity contribution in [3.05, 3.63) is 29.8 Å². The van der Waals surface area contributed by atoms with Crippen LogP contribution in [0.15, 0.2) is 24.3 Å². The molecule has 1 aliphatic rings. The Balaban J connectivity index is 0.000000771. The molecule has 2 nitrogen and oxygen atoms in total. The molecule has 18 heavy (non-hydrogen) atoms. The fourth-order valence-corrected chi connectivity index (χ4v) is 2.64. The normalized spacial score (nSPS) is 17.6. The van der Waals surface area contributed by atoms with Gasteiger partial charge in [-0.15, -0.1) is 0 Å². The van der Waals surface area contributed by atoms with Crippen LogP contribution in [0, 0.1) is 0 Å². The Morgan fingerprint density at radius 2 is 1.67 bits per heavy atom. The van der Waals surface area contributed by atoms with Crippen molar-refractivity contribution in [2.75, 3.05) is 14.2 Å². The van der Waals surface area contributed by atoms with Crippen molar-refractivity contribution < 1.29 is 9.47 Å². The summed E-state index contributed by atoms with van der Waals surface area (Å²) in [5.41, 5.74) is 1.18. The van der Waals surface area contributed by atoms with Crippen LogP contribution >= 0.6 is 0 Å². The van der Waals surface area contributed by atoms with Gasteiger partial charge < -0.3 is 9.47 Å². The SMILES string of the molecule is CC.COc1cccc(C2(OC)CCCCC2)c1. The van der Waals surface area contributed by atoms with Gasteiger partial charge in [0.15, 0.2) is 0 Å². The third-order valence-electron chi connectivity index (χ3n) is 3.65. The Hall–Kier alpha value is -1.02. The van der Waals surface area contributed by atoms with Crippen LogP contribution in [0.3, 0.4) is 0 Å². The first kappa shape index (κ1) is 15.0. The second-order valence-corrected chi connectivity index (χ2v) is 4.49. The molecule has 0 heterocycles. The summed E-state index contributed by atoms with van der Waals surface area (Å²) in [6.45, 7) is 4.00. The highest BCUT2D eigenvalue weighted by atomic mass is 16.5. The first-order chi connectivity index (χ1) is 8.80. The third kappa shape index (κ3) is 3.26. The highest BCUT2D eigenvalue weighted by Gasteiger charge is 2.33. The van der Waals surface area contributed by atoms with E-state index < -0.39 is 0 Å².